The lowest BCUT2D eigenvalue weighted by molar-refractivity contribution is 0.373. The number of fused-ring (bicyclic) bond motifs is 1. The third-order valence-corrected chi connectivity index (χ3v) is 5.03. The van der Waals surface area contributed by atoms with Gasteiger partial charge in [0.1, 0.15) is 17.1 Å². The highest BCUT2D eigenvalue weighted by molar-refractivity contribution is 5.86. The van der Waals surface area contributed by atoms with E-state index in [9.17, 15) is 10.2 Å². The number of methoxy groups -OCH3 is 1. The zero-order valence-corrected chi connectivity index (χ0v) is 17.0. The van der Waals surface area contributed by atoms with Gasteiger partial charge in [0.15, 0.2) is 11.5 Å². The number of aromatic nitrogens is 2. The lowest BCUT2D eigenvalue weighted by Gasteiger charge is -2.23. The van der Waals surface area contributed by atoms with Crippen LogP contribution >= 0.6 is 0 Å². The molecular weight excluding hydrogens is 378 g/mol. The average Bonchev–Trinajstić information content (AvgIpc) is 2.74. The van der Waals surface area contributed by atoms with E-state index >= 15 is 0 Å². The molecule has 0 saturated carbocycles. The van der Waals surface area contributed by atoms with E-state index in [1.807, 2.05) is 56.3 Å². The molecule has 0 fully saturated rings. The largest absolute Gasteiger partial charge is 0.505 e. The fraction of sp³-hybridized carbons (Fsp3) is 0.167. The second kappa shape index (κ2) is 7.91. The fourth-order valence-corrected chi connectivity index (χ4v) is 3.51. The highest BCUT2D eigenvalue weighted by Gasteiger charge is 2.22. The number of benzene rings is 2. The van der Waals surface area contributed by atoms with Gasteiger partial charge in [-0.25, -0.2) is 9.97 Å². The van der Waals surface area contributed by atoms with Crippen LogP contribution < -0.4 is 10.1 Å². The van der Waals surface area contributed by atoms with Crippen molar-refractivity contribution in [3.05, 3.63) is 83.2 Å². The van der Waals surface area contributed by atoms with E-state index in [1.54, 1.807) is 18.2 Å². The summed E-state index contributed by atoms with van der Waals surface area (Å²) in [7, 11) is 1.50. The van der Waals surface area contributed by atoms with Crippen LogP contribution in [0, 0.1) is 13.8 Å². The highest BCUT2D eigenvalue weighted by atomic mass is 16.5. The van der Waals surface area contributed by atoms with Crippen LogP contribution in [-0.4, -0.2) is 27.3 Å². The Morgan fingerprint density at radius 1 is 0.900 bits per heavy atom. The number of hydrogen-bond acceptors (Lipinski definition) is 6. The van der Waals surface area contributed by atoms with E-state index < -0.39 is 6.04 Å². The van der Waals surface area contributed by atoms with Crippen LogP contribution in [0.2, 0.25) is 0 Å². The van der Waals surface area contributed by atoms with Gasteiger partial charge < -0.3 is 20.3 Å². The number of hydrogen-bond donors (Lipinski definition) is 3. The molecule has 0 spiro atoms. The van der Waals surface area contributed by atoms with E-state index in [2.05, 4.69) is 15.3 Å². The molecule has 0 aliphatic heterocycles. The van der Waals surface area contributed by atoms with Crippen LogP contribution in [0.5, 0.6) is 17.2 Å². The molecule has 0 unspecified atom stereocenters. The van der Waals surface area contributed by atoms with Gasteiger partial charge in [0.25, 0.3) is 0 Å². The summed E-state index contributed by atoms with van der Waals surface area (Å²) < 4.78 is 5.29. The second-order valence-electron chi connectivity index (χ2n) is 7.20. The molecule has 30 heavy (non-hydrogen) atoms. The van der Waals surface area contributed by atoms with Crippen molar-refractivity contribution in [1.29, 1.82) is 0 Å². The Hall–Kier alpha value is -3.80. The summed E-state index contributed by atoms with van der Waals surface area (Å²) in [5.74, 6) is 1.18. The van der Waals surface area contributed by atoms with Crippen molar-refractivity contribution in [2.45, 2.75) is 19.9 Å². The first-order valence-electron chi connectivity index (χ1n) is 9.62. The van der Waals surface area contributed by atoms with E-state index in [4.69, 9.17) is 4.74 Å². The smallest absolute Gasteiger partial charge is 0.160 e. The standard InChI is InChI=1S/C24H23N3O3/c1-14-5-4-6-21(25-14)27-22(17-10-12-19(28)20(13-17)30-3)18-11-9-16-8-7-15(2)26-23(16)24(18)29/h4-13,22,28-29H,1-3H3,(H,25,27)/t22-/m1/s1. The molecular formula is C24H23N3O3. The van der Waals surface area contributed by atoms with Crippen molar-refractivity contribution < 1.29 is 14.9 Å². The average molecular weight is 401 g/mol. The number of aromatic hydroxyl groups is 2. The van der Waals surface area contributed by atoms with Crippen molar-refractivity contribution in [3.63, 3.8) is 0 Å². The van der Waals surface area contributed by atoms with Gasteiger partial charge in [-0.05, 0) is 49.7 Å². The summed E-state index contributed by atoms with van der Waals surface area (Å²) in [5.41, 5.74) is 3.70. The van der Waals surface area contributed by atoms with Crippen molar-refractivity contribution in [1.82, 2.24) is 9.97 Å². The summed E-state index contributed by atoms with van der Waals surface area (Å²) in [6.45, 7) is 3.81. The SMILES string of the molecule is COc1cc([C@@H](Nc2cccc(C)n2)c2ccc3ccc(C)nc3c2O)ccc1O. The fourth-order valence-electron chi connectivity index (χ4n) is 3.51. The first kappa shape index (κ1) is 19.5. The van der Waals surface area contributed by atoms with Crippen LogP contribution in [-0.2, 0) is 0 Å². The molecule has 0 bridgehead atoms. The minimum Gasteiger partial charge on any atom is -0.505 e. The van der Waals surface area contributed by atoms with E-state index in [0.717, 1.165) is 22.3 Å². The van der Waals surface area contributed by atoms with E-state index in [0.29, 0.717) is 22.6 Å². The van der Waals surface area contributed by atoms with Gasteiger partial charge in [0.2, 0.25) is 0 Å². The van der Waals surface area contributed by atoms with Crippen molar-refractivity contribution >= 4 is 16.7 Å². The lowest BCUT2D eigenvalue weighted by Crippen LogP contribution is -2.14. The van der Waals surface area contributed by atoms with E-state index in [1.165, 1.54) is 7.11 Å². The molecule has 6 heteroatoms. The number of aryl methyl sites for hydroxylation is 2. The number of pyridine rings is 2. The van der Waals surface area contributed by atoms with Gasteiger partial charge in [-0.3, -0.25) is 0 Å². The van der Waals surface area contributed by atoms with Crippen LogP contribution in [0.25, 0.3) is 10.9 Å². The summed E-state index contributed by atoms with van der Waals surface area (Å²) in [6.07, 6.45) is 0. The van der Waals surface area contributed by atoms with Crippen LogP contribution in [0.4, 0.5) is 5.82 Å². The summed E-state index contributed by atoms with van der Waals surface area (Å²) in [5, 5.41) is 25.4. The number of nitrogens with zero attached hydrogens (tertiary/aromatic N) is 2. The molecule has 2 aromatic carbocycles. The normalized spacial score (nSPS) is 12.0. The van der Waals surface area contributed by atoms with Crippen LogP contribution in [0.3, 0.4) is 0 Å². The second-order valence-corrected chi connectivity index (χ2v) is 7.20. The molecule has 4 rings (SSSR count). The first-order chi connectivity index (χ1) is 14.5. The maximum Gasteiger partial charge on any atom is 0.160 e. The van der Waals surface area contributed by atoms with E-state index in [-0.39, 0.29) is 11.5 Å². The number of phenols is 2. The molecule has 0 radical (unpaired) electrons. The predicted octanol–water partition coefficient (Wildman–Crippen LogP) is 4.87. The maximum absolute atomic E-state index is 11.1. The number of anilines is 1. The van der Waals surface area contributed by atoms with Crippen LogP contribution in [0.1, 0.15) is 28.6 Å². The number of nitrogens with one attached hydrogen (secondary N) is 1. The minimum absolute atomic E-state index is 0.0497. The molecule has 6 nitrogen and oxygen atoms in total. The molecule has 3 N–H and O–H groups in total. The Labute approximate surface area is 174 Å². The zero-order valence-electron chi connectivity index (χ0n) is 17.0. The summed E-state index contributed by atoms with van der Waals surface area (Å²) in [4.78, 5) is 9.06. The Kier molecular flexibility index (Phi) is 5.14. The summed E-state index contributed by atoms with van der Waals surface area (Å²) in [6, 6.07) is 18.1. The molecule has 1 atom stereocenters. The Balaban J connectivity index is 1.89. The third-order valence-electron chi connectivity index (χ3n) is 5.03. The molecule has 0 amide bonds. The molecule has 0 aliphatic rings. The lowest BCUT2D eigenvalue weighted by atomic mass is 9.95. The van der Waals surface area contributed by atoms with Crippen molar-refractivity contribution in [2.75, 3.05) is 12.4 Å². The Bertz CT molecular complexity index is 1220. The molecule has 2 heterocycles. The van der Waals surface area contributed by atoms with Gasteiger partial charge in [0.05, 0.1) is 13.2 Å². The van der Waals surface area contributed by atoms with Gasteiger partial charge in [-0.15, -0.1) is 0 Å². The number of ether oxygens (including phenoxy) is 1. The molecule has 0 saturated heterocycles. The van der Waals surface area contributed by atoms with Gasteiger partial charge in [-0.2, -0.15) is 0 Å². The maximum atomic E-state index is 11.1. The quantitative estimate of drug-likeness (QED) is 0.442. The topological polar surface area (TPSA) is 87.5 Å². The highest BCUT2D eigenvalue weighted by Crippen LogP contribution is 2.38. The number of rotatable bonds is 5. The van der Waals surface area contributed by atoms with Gasteiger partial charge >= 0.3 is 0 Å². The molecule has 152 valence electrons. The first-order valence-corrected chi connectivity index (χ1v) is 9.62. The molecule has 4 aromatic rings. The Morgan fingerprint density at radius 3 is 2.43 bits per heavy atom. The molecule has 2 aromatic heterocycles. The monoisotopic (exact) mass is 401 g/mol. The van der Waals surface area contributed by atoms with Crippen LogP contribution in [0.15, 0.2) is 60.7 Å². The van der Waals surface area contributed by atoms with Gasteiger partial charge in [-0.1, -0.05) is 30.3 Å². The Morgan fingerprint density at radius 2 is 1.67 bits per heavy atom. The predicted molar refractivity (Wildman–Crippen MR) is 117 cm³/mol. The third kappa shape index (κ3) is 3.72. The summed E-state index contributed by atoms with van der Waals surface area (Å²) >= 11 is 0. The van der Waals surface area contributed by atoms with Crippen molar-refractivity contribution in [2.24, 2.45) is 0 Å². The van der Waals surface area contributed by atoms with Gasteiger partial charge in [0, 0.05) is 22.3 Å². The van der Waals surface area contributed by atoms with Crippen molar-refractivity contribution in [3.8, 4) is 17.2 Å². The molecule has 0 aliphatic carbocycles. The number of phenolic OH excluding ortho intramolecular Hbond substituents is 2. The minimum atomic E-state index is -0.444. The zero-order chi connectivity index (χ0) is 21.3.